The van der Waals surface area contributed by atoms with Crippen LogP contribution in [0.5, 0.6) is 0 Å². The molecule has 0 spiro atoms. The molecule has 3 atom stereocenters. The number of hydrogen-bond acceptors (Lipinski definition) is 2. The first-order chi connectivity index (χ1) is 8.57. The highest BCUT2D eigenvalue weighted by atomic mass is 19.3. The second-order valence-corrected chi connectivity index (χ2v) is 5.99. The van der Waals surface area contributed by atoms with Gasteiger partial charge in [-0.25, -0.2) is 8.78 Å². The maximum Gasteiger partial charge on any atom is 0.248 e. The van der Waals surface area contributed by atoms with Gasteiger partial charge in [0, 0.05) is 18.9 Å². The Hall–Kier alpha value is -0.220. The molecular weight excluding hydrogens is 236 g/mol. The fraction of sp³-hybridized carbons (Fsp3) is 1.00. The van der Waals surface area contributed by atoms with Gasteiger partial charge in [0.2, 0.25) is 5.92 Å². The van der Waals surface area contributed by atoms with Gasteiger partial charge in [-0.3, -0.25) is 0 Å². The summed E-state index contributed by atoms with van der Waals surface area (Å²) in [5, 5.41) is 0. The van der Waals surface area contributed by atoms with Gasteiger partial charge in [0.05, 0.1) is 12.7 Å². The van der Waals surface area contributed by atoms with Crippen LogP contribution in [-0.2, 0) is 4.74 Å². The smallest absolute Gasteiger partial charge is 0.248 e. The topological polar surface area (TPSA) is 35.2 Å². The fourth-order valence-electron chi connectivity index (χ4n) is 3.19. The lowest BCUT2D eigenvalue weighted by molar-refractivity contribution is -0.0774. The molecule has 0 aromatic rings. The zero-order valence-corrected chi connectivity index (χ0v) is 11.0. The highest BCUT2D eigenvalue weighted by Gasteiger charge is 2.36. The van der Waals surface area contributed by atoms with E-state index in [2.05, 4.69) is 0 Å². The van der Waals surface area contributed by atoms with Crippen molar-refractivity contribution in [3.8, 4) is 0 Å². The largest absolute Gasteiger partial charge is 0.376 e. The predicted molar refractivity (Wildman–Crippen MR) is 67.7 cm³/mol. The molecule has 0 aromatic heterocycles. The first kappa shape index (κ1) is 14.2. The van der Waals surface area contributed by atoms with E-state index in [1.165, 1.54) is 12.8 Å². The molecule has 2 nitrogen and oxygen atoms in total. The van der Waals surface area contributed by atoms with Crippen LogP contribution >= 0.6 is 0 Å². The van der Waals surface area contributed by atoms with Crippen LogP contribution in [-0.4, -0.2) is 24.7 Å². The Morgan fingerprint density at radius 2 is 1.83 bits per heavy atom. The summed E-state index contributed by atoms with van der Waals surface area (Å²) in [5.41, 5.74) is 6.07. The summed E-state index contributed by atoms with van der Waals surface area (Å²) in [6, 6.07) is 0.0941. The minimum atomic E-state index is -2.47. The molecule has 2 fully saturated rings. The zero-order chi connectivity index (χ0) is 13.0. The lowest BCUT2D eigenvalue weighted by Crippen LogP contribution is -2.38. The molecule has 0 radical (unpaired) electrons. The molecule has 18 heavy (non-hydrogen) atoms. The van der Waals surface area contributed by atoms with E-state index in [1.54, 1.807) is 0 Å². The first-order valence-electron chi connectivity index (χ1n) is 7.32. The van der Waals surface area contributed by atoms with E-state index in [4.69, 9.17) is 10.5 Å². The standard InChI is InChI=1S/C14H25F2NO/c15-14(16)8-4-5-11(9-14)10-18-13-7-3-1-2-6-12(13)17/h11-13H,1-10,17H2. The zero-order valence-electron chi connectivity index (χ0n) is 11.0. The van der Waals surface area contributed by atoms with Gasteiger partial charge >= 0.3 is 0 Å². The number of nitrogens with two attached hydrogens (primary N) is 1. The lowest BCUT2D eigenvalue weighted by Gasteiger charge is -2.31. The van der Waals surface area contributed by atoms with Crippen molar-refractivity contribution in [3.63, 3.8) is 0 Å². The van der Waals surface area contributed by atoms with E-state index in [0.717, 1.165) is 25.7 Å². The van der Waals surface area contributed by atoms with Crippen LogP contribution in [0.2, 0.25) is 0 Å². The van der Waals surface area contributed by atoms with Gasteiger partial charge in [0.25, 0.3) is 0 Å². The van der Waals surface area contributed by atoms with Gasteiger partial charge in [-0.05, 0) is 31.6 Å². The van der Waals surface area contributed by atoms with Crippen molar-refractivity contribution in [2.24, 2.45) is 11.7 Å². The summed E-state index contributed by atoms with van der Waals surface area (Å²) in [5.74, 6) is -2.46. The summed E-state index contributed by atoms with van der Waals surface area (Å²) in [7, 11) is 0. The van der Waals surface area contributed by atoms with E-state index < -0.39 is 5.92 Å². The predicted octanol–water partition coefficient (Wildman–Crippen LogP) is 3.49. The van der Waals surface area contributed by atoms with Crippen LogP contribution in [0, 0.1) is 5.92 Å². The Kier molecular flexibility index (Phi) is 4.96. The average Bonchev–Trinajstić information content (AvgIpc) is 2.50. The molecule has 0 saturated heterocycles. The third kappa shape index (κ3) is 4.16. The van der Waals surface area contributed by atoms with Crippen LogP contribution in [0.4, 0.5) is 8.78 Å². The van der Waals surface area contributed by atoms with Gasteiger partial charge in [-0.1, -0.05) is 19.3 Å². The normalized spacial score (nSPS) is 37.2. The molecule has 0 aromatic carbocycles. The van der Waals surface area contributed by atoms with E-state index in [-0.39, 0.29) is 30.9 Å². The summed E-state index contributed by atoms with van der Waals surface area (Å²) in [6.45, 7) is 0.466. The van der Waals surface area contributed by atoms with Crippen LogP contribution in [0.1, 0.15) is 57.8 Å². The highest BCUT2D eigenvalue weighted by Crippen LogP contribution is 2.37. The third-order valence-corrected chi connectivity index (χ3v) is 4.29. The number of halogens is 2. The molecule has 3 unspecified atom stereocenters. The highest BCUT2D eigenvalue weighted by molar-refractivity contribution is 4.81. The molecule has 0 bridgehead atoms. The van der Waals surface area contributed by atoms with Crippen molar-refractivity contribution in [1.29, 1.82) is 0 Å². The summed E-state index contributed by atoms with van der Waals surface area (Å²) in [4.78, 5) is 0. The maximum atomic E-state index is 13.3. The molecule has 0 aliphatic heterocycles. The van der Waals surface area contributed by atoms with Crippen molar-refractivity contribution in [2.75, 3.05) is 6.61 Å². The van der Waals surface area contributed by atoms with E-state index in [0.29, 0.717) is 13.0 Å². The minimum absolute atomic E-state index is 0.00500. The van der Waals surface area contributed by atoms with Gasteiger partial charge in [0.1, 0.15) is 0 Å². The first-order valence-corrected chi connectivity index (χ1v) is 7.32. The molecule has 2 N–H and O–H groups in total. The van der Waals surface area contributed by atoms with Crippen LogP contribution in [0.3, 0.4) is 0 Å². The van der Waals surface area contributed by atoms with Crippen LogP contribution < -0.4 is 5.73 Å². The molecule has 0 amide bonds. The SMILES string of the molecule is NC1CCCCCC1OCC1CCCC(F)(F)C1. The number of hydrogen-bond donors (Lipinski definition) is 1. The van der Waals surface area contributed by atoms with Gasteiger partial charge in [-0.2, -0.15) is 0 Å². The minimum Gasteiger partial charge on any atom is -0.376 e. The van der Waals surface area contributed by atoms with Crippen molar-refractivity contribution < 1.29 is 13.5 Å². The van der Waals surface area contributed by atoms with Crippen molar-refractivity contribution in [2.45, 2.75) is 75.9 Å². The van der Waals surface area contributed by atoms with Crippen LogP contribution in [0.15, 0.2) is 0 Å². The molecule has 0 heterocycles. The molecule has 4 heteroatoms. The molecule has 106 valence electrons. The van der Waals surface area contributed by atoms with Crippen molar-refractivity contribution >= 4 is 0 Å². The Bertz CT molecular complexity index is 260. The fourth-order valence-corrected chi connectivity index (χ4v) is 3.19. The molecule has 2 aliphatic rings. The number of alkyl halides is 2. The number of ether oxygens (including phenoxy) is 1. The molecular formula is C14H25F2NO. The van der Waals surface area contributed by atoms with E-state index in [1.807, 2.05) is 0 Å². The van der Waals surface area contributed by atoms with Crippen molar-refractivity contribution in [3.05, 3.63) is 0 Å². The number of rotatable bonds is 3. The summed E-state index contributed by atoms with van der Waals surface area (Å²) >= 11 is 0. The Morgan fingerprint density at radius 1 is 1.06 bits per heavy atom. The van der Waals surface area contributed by atoms with Crippen LogP contribution in [0.25, 0.3) is 0 Å². The monoisotopic (exact) mass is 261 g/mol. The molecule has 2 saturated carbocycles. The van der Waals surface area contributed by atoms with Gasteiger partial charge in [-0.15, -0.1) is 0 Å². The summed E-state index contributed by atoms with van der Waals surface area (Å²) < 4.78 is 32.4. The van der Waals surface area contributed by atoms with Gasteiger partial charge < -0.3 is 10.5 Å². The average molecular weight is 261 g/mol. The van der Waals surface area contributed by atoms with Crippen molar-refractivity contribution in [1.82, 2.24) is 0 Å². The lowest BCUT2D eigenvalue weighted by atomic mass is 9.87. The second-order valence-electron chi connectivity index (χ2n) is 5.99. The summed E-state index contributed by atoms with van der Waals surface area (Å²) in [6.07, 6.45) is 7.16. The second kappa shape index (κ2) is 6.29. The van der Waals surface area contributed by atoms with E-state index >= 15 is 0 Å². The quantitative estimate of drug-likeness (QED) is 0.789. The third-order valence-electron chi connectivity index (χ3n) is 4.29. The molecule has 2 rings (SSSR count). The molecule has 2 aliphatic carbocycles. The maximum absolute atomic E-state index is 13.3. The Morgan fingerprint density at radius 3 is 2.61 bits per heavy atom. The van der Waals surface area contributed by atoms with E-state index in [9.17, 15) is 8.78 Å². The Labute approximate surface area is 108 Å². The van der Waals surface area contributed by atoms with Gasteiger partial charge in [0.15, 0.2) is 0 Å². The Balaban J connectivity index is 1.76.